The Hall–Kier alpha value is -1.89. The van der Waals surface area contributed by atoms with Crippen LogP contribution in [0.5, 0.6) is 0 Å². The van der Waals surface area contributed by atoms with E-state index in [1.807, 2.05) is 24.3 Å². The molecule has 0 bridgehead atoms. The van der Waals surface area contributed by atoms with Crippen LogP contribution < -0.4 is 0 Å². The number of hydrogen-bond acceptors (Lipinski definition) is 1. The van der Waals surface area contributed by atoms with Crippen LogP contribution in [0.2, 0.25) is 0 Å². The summed E-state index contributed by atoms with van der Waals surface area (Å²) < 4.78 is 0. The molecule has 0 unspecified atom stereocenters. The topological polar surface area (TPSA) is 17.1 Å². The Morgan fingerprint density at radius 2 is 1.53 bits per heavy atom. The zero-order chi connectivity index (χ0) is 12.4. The molecule has 0 atom stereocenters. The second-order valence-electron chi connectivity index (χ2n) is 4.48. The molecule has 0 saturated carbocycles. The zero-order valence-electron chi connectivity index (χ0n) is 10.4. The van der Waals surface area contributed by atoms with Crippen LogP contribution in [-0.2, 0) is 0 Å². The predicted octanol–water partition coefficient (Wildman–Crippen LogP) is 4.17. The van der Waals surface area contributed by atoms with E-state index in [1.54, 1.807) is 6.92 Å². The molecule has 0 amide bonds. The van der Waals surface area contributed by atoms with E-state index in [4.69, 9.17) is 0 Å². The molecule has 17 heavy (non-hydrogen) atoms. The fourth-order valence-corrected chi connectivity index (χ4v) is 2.17. The van der Waals surface area contributed by atoms with Crippen molar-refractivity contribution in [2.45, 2.75) is 20.8 Å². The van der Waals surface area contributed by atoms with Crippen LogP contribution in [0.3, 0.4) is 0 Å². The molecule has 86 valence electrons. The number of benzene rings is 2. The van der Waals surface area contributed by atoms with Crippen LogP contribution >= 0.6 is 0 Å². The number of rotatable bonds is 2. The maximum Gasteiger partial charge on any atom is 0.160 e. The molecule has 0 radical (unpaired) electrons. The Bertz CT molecular complexity index is 547. The summed E-state index contributed by atoms with van der Waals surface area (Å²) in [6.45, 7) is 5.77. The Kier molecular flexibility index (Phi) is 3.10. The molecular formula is C16H16O. The Morgan fingerprint density at radius 3 is 2.12 bits per heavy atom. The van der Waals surface area contributed by atoms with E-state index in [0.717, 1.165) is 16.7 Å². The van der Waals surface area contributed by atoms with Crippen LogP contribution in [0.15, 0.2) is 42.5 Å². The van der Waals surface area contributed by atoms with E-state index >= 15 is 0 Å². The minimum absolute atomic E-state index is 0.111. The maximum atomic E-state index is 11.6. The van der Waals surface area contributed by atoms with Gasteiger partial charge in [0.15, 0.2) is 5.78 Å². The smallest absolute Gasteiger partial charge is 0.160 e. The van der Waals surface area contributed by atoms with Crippen molar-refractivity contribution in [3.05, 3.63) is 59.2 Å². The molecule has 0 aliphatic heterocycles. The summed E-state index contributed by atoms with van der Waals surface area (Å²) in [4.78, 5) is 11.6. The monoisotopic (exact) mass is 224 g/mol. The van der Waals surface area contributed by atoms with Gasteiger partial charge in [-0.25, -0.2) is 0 Å². The third-order valence-electron chi connectivity index (χ3n) is 2.84. The fourth-order valence-electron chi connectivity index (χ4n) is 2.17. The number of ketones is 1. The van der Waals surface area contributed by atoms with Gasteiger partial charge in [-0.05, 0) is 31.9 Å². The van der Waals surface area contributed by atoms with Crippen molar-refractivity contribution in [3.8, 4) is 11.1 Å². The lowest BCUT2D eigenvalue weighted by molar-refractivity contribution is 0.101. The van der Waals surface area contributed by atoms with Gasteiger partial charge >= 0.3 is 0 Å². The third-order valence-corrected chi connectivity index (χ3v) is 2.84. The van der Waals surface area contributed by atoms with Gasteiger partial charge in [0.1, 0.15) is 0 Å². The largest absolute Gasteiger partial charge is 0.294 e. The predicted molar refractivity (Wildman–Crippen MR) is 71.4 cm³/mol. The summed E-state index contributed by atoms with van der Waals surface area (Å²) >= 11 is 0. The van der Waals surface area contributed by atoms with Crippen LogP contribution in [0.4, 0.5) is 0 Å². The standard InChI is InChI=1S/C16H16O/c1-11-8-12(2)10-14(9-11)16-7-5-4-6-15(16)13(3)17/h4-10H,1-3H3. The second-order valence-corrected chi connectivity index (χ2v) is 4.48. The first-order chi connectivity index (χ1) is 8.08. The zero-order valence-corrected chi connectivity index (χ0v) is 10.4. The normalized spacial score (nSPS) is 10.3. The van der Waals surface area contributed by atoms with E-state index < -0.39 is 0 Å². The van der Waals surface area contributed by atoms with E-state index in [9.17, 15) is 4.79 Å². The molecule has 0 N–H and O–H groups in total. The van der Waals surface area contributed by atoms with Crippen molar-refractivity contribution in [1.29, 1.82) is 0 Å². The SMILES string of the molecule is CC(=O)c1ccccc1-c1cc(C)cc(C)c1. The summed E-state index contributed by atoms with van der Waals surface area (Å²) in [5, 5.41) is 0. The molecule has 0 aromatic heterocycles. The van der Waals surface area contributed by atoms with Crippen LogP contribution in [0.25, 0.3) is 11.1 Å². The summed E-state index contributed by atoms with van der Waals surface area (Å²) in [7, 11) is 0. The number of carbonyl (C=O) groups is 1. The minimum Gasteiger partial charge on any atom is -0.294 e. The average Bonchev–Trinajstić information content (AvgIpc) is 2.27. The van der Waals surface area contributed by atoms with Gasteiger partial charge < -0.3 is 0 Å². The van der Waals surface area contributed by atoms with Crippen molar-refractivity contribution >= 4 is 5.78 Å². The lowest BCUT2D eigenvalue weighted by Crippen LogP contribution is -1.96. The summed E-state index contributed by atoms with van der Waals surface area (Å²) in [5.41, 5.74) is 5.37. The summed E-state index contributed by atoms with van der Waals surface area (Å²) in [6, 6.07) is 14.1. The van der Waals surface area contributed by atoms with Gasteiger partial charge in [0, 0.05) is 5.56 Å². The first-order valence-electron chi connectivity index (χ1n) is 5.76. The van der Waals surface area contributed by atoms with Crippen molar-refractivity contribution in [2.24, 2.45) is 0 Å². The Labute approximate surface area is 102 Å². The molecule has 0 aliphatic rings. The molecule has 0 heterocycles. The van der Waals surface area contributed by atoms with Gasteiger partial charge in [-0.1, -0.05) is 53.6 Å². The van der Waals surface area contributed by atoms with Gasteiger partial charge in [-0.15, -0.1) is 0 Å². The first kappa shape index (κ1) is 11.6. The Balaban J connectivity index is 2.64. The van der Waals surface area contributed by atoms with E-state index in [1.165, 1.54) is 11.1 Å². The highest BCUT2D eigenvalue weighted by molar-refractivity contribution is 6.00. The fraction of sp³-hybridized carbons (Fsp3) is 0.188. The molecule has 1 nitrogen and oxygen atoms in total. The molecule has 0 aliphatic carbocycles. The lowest BCUT2D eigenvalue weighted by Gasteiger charge is -2.09. The summed E-state index contributed by atoms with van der Waals surface area (Å²) in [6.07, 6.45) is 0. The van der Waals surface area contributed by atoms with Gasteiger partial charge in [-0.3, -0.25) is 4.79 Å². The number of carbonyl (C=O) groups excluding carboxylic acids is 1. The number of Topliss-reactive ketones (excluding diaryl/α,β-unsaturated/α-hetero) is 1. The molecule has 2 aromatic rings. The minimum atomic E-state index is 0.111. The highest BCUT2D eigenvalue weighted by Crippen LogP contribution is 2.26. The molecule has 1 heteroatoms. The maximum absolute atomic E-state index is 11.6. The molecular weight excluding hydrogens is 208 g/mol. The molecule has 2 aromatic carbocycles. The van der Waals surface area contributed by atoms with Gasteiger partial charge in [0.25, 0.3) is 0 Å². The van der Waals surface area contributed by atoms with Crippen LogP contribution in [0.1, 0.15) is 28.4 Å². The molecule has 0 spiro atoms. The average molecular weight is 224 g/mol. The molecule has 0 saturated heterocycles. The van der Waals surface area contributed by atoms with Crippen LogP contribution in [0, 0.1) is 13.8 Å². The quantitative estimate of drug-likeness (QED) is 0.699. The van der Waals surface area contributed by atoms with E-state index in [0.29, 0.717) is 0 Å². The first-order valence-corrected chi connectivity index (χ1v) is 5.76. The van der Waals surface area contributed by atoms with Crippen molar-refractivity contribution in [3.63, 3.8) is 0 Å². The lowest BCUT2D eigenvalue weighted by atomic mass is 9.95. The molecule has 2 rings (SSSR count). The highest BCUT2D eigenvalue weighted by atomic mass is 16.1. The highest BCUT2D eigenvalue weighted by Gasteiger charge is 2.08. The van der Waals surface area contributed by atoms with Gasteiger partial charge in [0.2, 0.25) is 0 Å². The number of hydrogen-bond donors (Lipinski definition) is 0. The van der Waals surface area contributed by atoms with Crippen LogP contribution in [-0.4, -0.2) is 5.78 Å². The van der Waals surface area contributed by atoms with Crippen molar-refractivity contribution in [1.82, 2.24) is 0 Å². The van der Waals surface area contributed by atoms with Gasteiger partial charge in [-0.2, -0.15) is 0 Å². The summed E-state index contributed by atoms with van der Waals surface area (Å²) in [5.74, 6) is 0.111. The number of aryl methyl sites for hydroxylation is 2. The van der Waals surface area contributed by atoms with Crippen molar-refractivity contribution < 1.29 is 4.79 Å². The Morgan fingerprint density at radius 1 is 0.941 bits per heavy atom. The van der Waals surface area contributed by atoms with E-state index in [2.05, 4.69) is 32.0 Å². The van der Waals surface area contributed by atoms with Crippen molar-refractivity contribution in [2.75, 3.05) is 0 Å². The second kappa shape index (κ2) is 4.54. The third kappa shape index (κ3) is 2.44. The van der Waals surface area contributed by atoms with Gasteiger partial charge in [0.05, 0.1) is 0 Å². The van der Waals surface area contributed by atoms with E-state index in [-0.39, 0.29) is 5.78 Å². The molecule has 0 fully saturated rings.